The molecule has 2 heteroatoms. The molecule has 2 atom stereocenters. The number of rotatable bonds is 5. The highest BCUT2D eigenvalue weighted by molar-refractivity contribution is 4.86. The number of hydrogen-bond acceptors (Lipinski definition) is 2. The zero-order valence-corrected chi connectivity index (χ0v) is 11.8. The summed E-state index contributed by atoms with van der Waals surface area (Å²) >= 11 is 0. The van der Waals surface area contributed by atoms with Crippen molar-refractivity contribution in [2.75, 3.05) is 20.6 Å². The summed E-state index contributed by atoms with van der Waals surface area (Å²) in [5, 5.41) is 3.80. The van der Waals surface area contributed by atoms with E-state index in [1.807, 2.05) is 0 Å². The van der Waals surface area contributed by atoms with E-state index in [1.165, 1.54) is 32.1 Å². The molecule has 0 aromatic carbocycles. The van der Waals surface area contributed by atoms with Gasteiger partial charge in [0.15, 0.2) is 0 Å². The molecule has 0 heterocycles. The molecule has 0 amide bonds. The molecule has 16 heavy (non-hydrogen) atoms. The smallest absolute Gasteiger partial charge is 0.0271 e. The summed E-state index contributed by atoms with van der Waals surface area (Å²) in [6, 6.07) is 0.762. The first-order valence-electron chi connectivity index (χ1n) is 6.88. The minimum Gasteiger partial charge on any atom is -0.312 e. The predicted molar refractivity (Wildman–Crippen MR) is 71.8 cm³/mol. The van der Waals surface area contributed by atoms with Crippen LogP contribution in [-0.2, 0) is 0 Å². The van der Waals surface area contributed by atoms with Crippen LogP contribution in [0.2, 0.25) is 0 Å². The van der Waals surface area contributed by atoms with E-state index < -0.39 is 0 Å². The minimum atomic E-state index is 0.260. The molecule has 1 aliphatic rings. The summed E-state index contributed by atoms with van der Waals surface area (Å²) in [5.74, 6) is 0.909. The fourth-order valence-electron chi connectivity index (χ4n) is 2.50. The highest BCUT2D eigenvalue weighted by Crippen LogP contribution is 2.27. The normalized spacial score (nSPS) is 27.4. The molecule has 2 unspecified atom stereocenters. The van der Waals surface area contributed by atoms with E-state index in [1.54, 1.807) is 0 Å². The van der Waals surface area contributed by atoms with Crippen LogP contribution < -0.4 is 5.32 Å². The molecule has 0 bridgehead atoms. The molecule has 96 valence electrons. The second kappa shape index (κ2) is 6.02. The number of hydrogen-bond donors (Lipinski definition) is 1. The third kappa shape index (κ3) is 3.74. The SMILES string of the molecule is CCC1CCCCC1NCC(C)(C)N(C)C. The van der Waals surface area contributed by atoms with Crippen molar-refractivity contribution in [3.63, 3.8) is 0 Å². The van der Waals surface area contributed by atoms with Crippen LogP contribution in [0.1, 0.15) is 52.9 Å². The zero-order valence-electron chi connectivity index (χ0n) is 11.8. The Labute approximate surface area is 102 Å². The first-order valence-corrected chi connectivity index (χ1v) is 6.88. The molecule has 1 rings (SSSR count). The maximum atomic E-state index is 3.80. The Kier molecular flexibility index (Phi) is 5.26. The average Bonchev–Trinajstić information content (AvgIpc) is 2.26. The first kappa shape index (κ1) is 14.0. The van der Waals surface area contributed by atoms with Crippen LogP contribution in [0, 0.1) is 5.92 Å². The molecule has 0 radical (unpaired) electrons. The molecule has 0 aromatic rings. The fraction of sp³-hybridized carbons (Fsp3) is 1.00. The van der Waals surface area contributed by atoms with Crippen molar-refractivity contribution in [3.05, 3.63) is 0 Å². The highest BCUT2D eigenvalue weighted by atomic mass is 15.2. The maximum Gasteiger partial charge on any atom is 0.0271 e. The van der Waals surface area contributed by atoms with Crippen LogP contribution in [0.15, 0.2) is 0 Å². The van der Waals surface area contributed by atoms with Crippen LogP contribution in [0.25, 0.3) is 0 Å². The standard InChI is InChI=1S/C14H30N2/c1-6-12-9-7-8-10-13(12)15-11-14(2,3)16(4)5/h12-13,15H,6-11H2,1-5H3. The summed E-state index contributed by atoms with van der Waals surface area (Å²) in [4.78, 5) is 2.31. The van der Waals surface area contributed by atoms with E-state index in [0.29, 0.717) is 0 Å². The molecule has 0 aromatic heterocycles. The summed E-state index contributed by atoms with van der Waals surface area (Å²) in [6.07, 6.45) is 6.99. The van der Waals surface area contributed by atoms with E-state index in [-0.39, 0.29) is 5.54 Å². The first-order chi connectivity index (χ1) is 7.47. The third-order valence-electron chi connectivity index (χ3n) is 4.44. The highest BCUT2D eigenvalue weighted by Gasteiger charge is 2.26. The quantitative estimate of drug-likeness (QED) is 0.775. The second-order valence-electron chi connectivity index (χ2n) is 6.15. The van der Waals surface area contributed by atoms with E-state index in [9.17, 15) is 0 Å². The molecule has 1 saturated carbocycles. The third-order valence-corrected chi connectivity index (χ3v) is 4.44. The number of nitrogens with zero attached hydrogens (tertiary/aromatic N) is 1. The van der Waals surface area contributed by atoms with Gasteiger partial charge in [0.2, 0.25) is 0 Å². The lowest BCUT2D eigenvalue weighted by Crippen LogP contribution is -2.51. The number of likely N-dealkylation sites (N-methyl/N-ethyl adjacent to an activating group) is 1. The van der Waals surface area contributed by atoms with Crippen LogP contribution >= 0.6 is 0 Å². The van der Waals surface area contributed by atoms with E-state index in [4.69, 9.17) is 0 Å². The lowest BCUT2D eigenvalue weighted by Gasteiger charge is -2.38. The van der Waals surface area contributed by atoms with Crippen molar-refractivity contribution in [3.8, 4) is 0 Å². The Balaban J connectivity index is 2.40. The second-order valence-corrected chi connectivity index (χ2v) is 6.15. The van der Waals surface area contributed by atoms with Crippen molar-refractivity contribution < 1.29 is 0 Å². The molecule has 1 aliphatic carbocycles. The lowest BCUT2D eigenvalue weighted by atomic mass is 9.82. The van der Waals surface area contributed by atoms with Gasteiger partial charge in [0, 0.05) is 18.1 Å². The molecule has 0 aliphatic heterocycles. The van der Waals surface area contributed by atoms with Crippen molar-refractivity contribution in [2.24, 2.45) is 5.92 Å². The molecule has 1 N–H and O–H groups in total. The van der Waals surface area contributed by atoms with Crippen molar-refractivity contribution in [1.29, 1.82) is 0 Å². The van der Waals surface area contributed by atoms with Gasteiger partial charge >= 0.3 is 0 Å². The zero-order chi connectivity index (χ0) is 12.2. The molecule has 2 nitrogen and oxygen atoms in total. The molecular formula is C14H30N2. The van der Waals surface area contributed by atoms with Gasteiger partial charge in [0.1, 0.15) is 0 Å². The van der Waals surface area contributed by atoms with Gasteiger partial charge in [-0.3, -0.25) is 0 Å². The number of nitrogens with one attached hydrogen (secondary N) is 1. The van der Waals surface area contributed by atoms with Gasteiger partial charge < -0.3 is 10.2 Å². The Bertz CT molecular complexity index is 199. The van der Waals surface area contributed by atoms with Crippen LogP contribution in [-0.4, -0.2) is 37.1 Å². The minimum absolute atomic E-state index is 0.260. The molecular weight excluding hydrogens is 196 g/mol. The van der Waals surface area contributed by atoms with Crippen LogP contribution in [0.3, 0.4) is 0 Å². The Morgan fingerprint density at radius 2 is 1.81 bits per heavy atom. The summed E-state index contributed by atoms with van der Waals surface area (Å²) < 4.78 is 0. The Morgan fingerprint density at radius 3 is 2.38 bits per heavy atom. The van der Waals surface area contributed by atoms with Crippen LogP contribution in [0.4, 0.5) is 0 Å². The summed E-state index contributed by atoms with van der Waals surface area (Å²) in [5.41, 5.74) is 0.260. The van der Waals surface area contributed by atoms with Gasteiger partial charge in [-0.15, -0.1) is 0 Å². The van der Waals surface area contributed by atoms with Gasteiger partial charge in [-0.1, -0.05) is 26.2 Å². The predicted octanol–water partition coefficient (Wildman–Crippen LogP) is 2.89. The lowest BCUT2D eigenvalue weighted by molar-refractivity contribution is 0.164. The van der Waals surface area contributed by atoms with Crippen molar-refractivity contribution >= 4 is 0 Å². The average molecular weight is 226 g/mol. The van der Waals surface area contributed by atoms with Gasteiger partial charge in [0.25, 0.3) is 0 Å². The maximum absolute atomic E-state index is 3.80. The van der Waals surface area contributed by atoms with Gasteiger partial charge in [-0.2, -0.15) is 0 Å². The molecule has 0 spiro atoms. The summed E-state index contributed by atoms with van der Waals surface area (Å²) in [7, 11) is 4.33. The van der Waals surface area contributed by atoms with E-state index >= 15 is 0 Å². The topological polar surface area (TPSA) is 15.3 Å². The fourth-order valence-corrected chi connectivity index (χ4v) is 2.50. The van der Waals surface area contributed by atoms with E-state index in [0.717, 1.165) is 18.5 Å². The van der Waals surface area contributed by atoms with Gasteiger partial charge in [-0.25, -0.2) is 0 Å². The largest absolute Gasteiger partial charge is 0.312 e. The molecule has 1 fully saturated rings. The Morgan fingerprint density at radius 1 is 1.19 bits per heavy atom. The van der Waals surface area contributed by atoms with Crippen molar-refractivity contribution in [1.82, 2.24) is 10.2 Å². The Hall–Kier alpha value is -0.0800. The van der Waals surface area contributed by atoms with Gasteiger partial charge in [0.05, 0.1) is 0 Å². The van der Waals surface area contributed by atoms with E-state index in [2.05, 4.69) is 45.1 Å². The van der Waals surface area contributed by atoms with Crippen molar-refractivity contribution in [2.45, 2.75) is 64.5 Å². The summed E-state index contributed by atoms with van der Waals surface area (Å²) in [6.45, 7) is 8.05. The van der Waals surface area contributed by atoms with Gasteiger partial charge in [-0.05, 0) is 46.7 Å². The monoisotopic (exact) mass is 226 g/mol. The van der Waals surface area contributed by atoms with Crippen LogP contribution in [0.5, 0.6) is 0 Å². The molecule has 0 saturated heterocycles.